The predicted octanol–water partition coefficient (Wildman–Crippen LogP) is 2.83. The van der Waals surface area contributed by atoms with Crippen molar-refractivity contribution in [3.63, 3.8) is 0 Å². The number of amides is 1. The first-order chi connectivity index (χ1) is 9.47. The van der Waals surface area contributed by atoms with Gasteiger partial charge < -0.3 is 15.2 Å². The van der Waals surface area contributed by atoms with Crippen LogP contribution in [0.2, 0.25) is 0 Å². The van der Waals surface area contributed by atoms with Crippen LogP contribution in [0, 0.1) is 0 Å². The summed E-state index contributed by atoms with van der Waals surface area (Å²) in [6.45, 7) is 3.88. The molecule has 110 valence electrons. The molecule has 0 aliphatic rings. The Morgan fingerprint density at radius 2 is 2.00 bits per heavy atom. The Kier molecular flexibility index (Phi) is 6.51. The van der Waals surface area contributed by atoms with E-state index in [9.17, 15) is 9.59 Å². The molecule has 0 saturated carbocycles. The normalized spacial score (nSPS) is 10.4. The number of carboxylic acids is 1. The summed E-state index contributed by atoms with van der Waals surface area (Å²) in [5.74, 6) is -0.910. The van der Waals surface area contributed by atoms with E-state index in [2.05, 4.69) is 21.2 Å². The van der Waals surface area contributed by atoms with Gasteiger partial charge in [0.15, 0.2) is 6.61 Å². The maximum atomic E-state index is 11.7. The van der Waals surface area contributed by atoms with Crippen molar-refractivity contribution >= 4 is 27.8 Å². The Labute approximate surface area is 126 Å². The molecule has 0 aliphatic carbocycles. The fraction of sp³-hybridized carbons (Fsp3) is 0.429. The van der Waals surface area contributed by atoms with Crippen LogP contribution in [-0.2, 0) is 4.79 Å². The summed E-state index contributed by atoms with van der Waals surface area (Å²) in [6.07, 6.45) is 1.73. The number of nitrogens with one attached hydrogen (secondary N) is 1. The van der Waals surface area contributed by atoms with Gasteiger partial charge in [-0.1, -0.05) is 13.8 Å². The first-order valence-electron chi connectivity index (χ1n) is 6.42. The van der Waals surface area contributed by atoms with Crippen LogP contribution < -0.4 is 10.1 Å². The quantitative estimate of drug-likeness (QED) is 0.798. The molecule has 1 aromatic rings. The molecule has 0 aliphatic heterocycles. The molecule has 0 fully saturated rings. The van der Waals surface area contributed by atoms with Gasteiger partial charge in [-0.05, 0) is 47.0 Å². The third-order valence-corrected chi connectivity index (χ3v) is 3.58. The summed E-state index contributed by atoms with van der Waals surface area (Å²) >= 11 is 3.15. The second-order valence-corrected chi connectivity index (χ2v) is 5.17. The molecule has 0 atom stereocenters. The van der Waals surface area contributed by atoms with Crippen molar-refractivity contribution in [3.05, 3.63) is 28.2 Å². The fourth-order valence-corrected chi connectivity index (χ4v) is 2.09. The van der Waals surface area contributed by atoms with Gasteiger partial charge >= 0.3 is 5.97 Å². The minimum absolute atomic E-state index is 0.0999. The number of carboxylic acid groups (broad SMARTS) is 1. The van der Waals surface area contributed by atoms with Gasteiger partial charge in [0.25, 0.3) is 5.91 Å². The predicted molar refractivity (Wildman–Crippen MR) is 79.1 cm³/mol. The molecule has 2 N–H and O–H groups in total. The third kappa shape index (κ3) is 4.85. The molecule has 0 aromatic heterocycles. The maximum Gasteiger partial charge on any atom is 0.336 e. The summed E-state index contributed by atoms with van der Waals surface area (Å²) < 4.78 is 5.78. The number of hydrogen-bond donors (Lipinski definition) is 2. The largest absolute Gasteiger partial charge is 0.484 e. The molecule has 0 unspecified atom stereocenters. The second kappa shape index (κ2) is 7.89. The number of hydrogen-bond acceptors (Lipinski definition) is 3. The zero-order chi connectivity index (χ0) is 15.1. The van der Waals surface area contributed by atoms with Crippen molar-refractivity contribution in [1.29, 1.82) is 0 Å². The number of carbonyl (C=O) groups is 2. The highest BCUT2D eigenvalue weighted by atomic mass is 79.9. The standard InChI is InChI=1S/C14H18BrNO4/c1-3-9(4-2)16-13(17)8-20-10-5-6-12(15)11(7-10)14(18)19/h5-7,9H,3-4,8H2,1-2H3,(H,16,17)(H,18,19). The molecule has 0 saturated heterocycles. The zero-order valence-corrected chi connectivity index (χ0v) is 13.1. The lowest BCUT2D eigenvalue weighted by Gasteiger charge is -2.15. The van der Waals surface area contributed by atoms with Gasteiger partial charge in [0.05, 0.1) is 5.56 Å². The Morgan fingerprint density at radius 1 is 1.35 bits per heavy atom. The van der Waals surface area contributed by atoms with Crippen molar-refractivity contribution in [2.24, 2.45) is 0 Å². The molecule has 1 aromatic carbocycles. The van der Waals surface area contributed by atoms with Crippen molar-refractivity contribution in [1.82, 2.24) is 5.32 Å². The first kappa shape index (κ1) is 16.5. The lowest BCUT2D eigenvalue weighted by molar-refractivity contribution is -0.123. The fourth-order valence-electron chi connectivity index (χ4n) is 1.67. The van der Waals surface area contributed by atoms with Crippen LogP contribution >= 0.6 is 15.9 Å². The first-order valence-corrected chi connectivity index (χ1v) is 7.22. The van der Waals surface area contributed by atoms with Gasteiger partial charge in [-0.2, -0.15) is 0 Å². The molecule has 20 heavy (non-hydrogen) atoms. The Hall–Kier alpha value is -1.56. The number of aromatic carboxylic acids is 1. The van der Waals surface area contributed by atoms with Gasteiger partial charge in [-0.15, -0.1) is 0 Å². The molecule has 0 radical (unpaired) electrons. The average Bonchev–Trinajstić information content (AvgIpc) is 2.43. The van der Waals surface area contributed by atoms with Crippen LogP contribution in [-0.4, -0.2) is 29.6 Å². The van der Waals surface area contributed by atoms with Crippen LogP contribution in [0.1, 0.15) is 37.0 Å². The molecule has 0 spiro atoms. The number of benzene rings is 1. The van der Waals surface area contributed by atoms with Crippen LogP contribution in [0.25, 0.3) is 0 Å². The molecular weight excluding hydrogens is 326 g/mol. The molecular formula is C14H18BrNO4. The van der Waals surface area contributed by atoms with Crippen LogP contribution in [0.5, 0.6) is 5.75 Å². The third-order valence-electron chi connectivity index (χ3n) is 2.89. The minimum atomic E-state index is -1.05. The van der Waals surface area contributed by atoms with Crippen molar-refractivity contribution in [3.8, 4) is 5.75 Å². The van der Waals surface area contributed by atoms with E-state index in [0.29, 0.717) is 10.2 Å². The molecule has 1 rings (SSSR count). The zero-order valence-electron chi connectivity index (χ0n) is 11.5. The summed E-state index contributed by atoms with van der Waals surface area (Å²) in [4.78, 5) is 22.6. The van der Waals surface area contributed by atoms with Crippen LogP contribution in [0.4, 0.5) is 0 Å². The maximum absolute atomic E-state index is 11.7. The van der Waals surface area contributed by atoms with Gasteiger partial charge in [-0.3, -0.25) is 4.79 Å². The van der Waals surface area contributed by atoms with E-state index in [1.54, 1.807) is 12.1 Å². The SMILES string of the molecule is CCC(CC)NC(=O)COc1ccc(Br)c(C(=O)O)c1. The number of rotatable bonds is 7. The molecule has 0 heterocycles. The summed E-state index contributed by atoms with van der Waals surface area (Å²) in [6, 6.07) is 4.72. The lowest BCUT2D eigenvalue weighted by Crippen LogP contribution is -2.37. The molecule has 1 amide bonds. The van der Waals surface area contributed by atoms with Crippen molar-refractivity contribution in [2.45, 2.75) is 32.7 Å². The van der Waals surface area contributed by atoms with E-state index in [4.69, 9.17) is 9.84 Å². The summed E-state index contributed by atoms with van der Waals surface area (Å²) in [5.41, 5.74) is 0.0999. The highest BCUT2D eigenvalue weighted by molar-refractivity contribution is 9.10. The lowest BCUT2D eigenvalue weighted by atomic mass is 10.2. The smallest absolute Gasteiger partial charge is 0.336 e. The Balaban J connectivity index is 2.60. The van der Waals surface area contributed by atoms with Crippen LogP contribution in [0.15, 0.2) is 22.7 Å². The van der Waals surface area contributed by atoms with Gasteiger partial charge in [0, 0.05) is 10.5 Å². The van der Waals surface area contributed by atoms with Crippen molar-refractivity contribution < 1.29 is 19.4 Å². The molecule has 5 nitrogen and oxygen atoms in total. The van der Waals surface area contributed by atoms with Crippen LogP contribution in [0.3, 0.4) is 0 Å². The van der Waals surface area contributed by atoms with E-state index in [0.717, 1.165) is 12.8 Å². The van der Waals surface area contributed by atoms with Gasteiger partial charge in [0.2, 0.25) is 0 Å². The van der Waals surface area contributed by atoms with Gasteiger partial charge in [-0.25, -0.2) is 4.79 Å². The monoisotopic (exact) mass is 343 g/mol. The average molecular weight is 344 g/mol. The number of halogens is 1. The number of carbonyl (C=O) groups excluding carboxylic acids is 1. The van der Waals surface area contributed by atoms with E-state index < -0.39 is 5.97 Å². The van der Waals surface area contributed by atoms with E-state index in [1.165, 1.54) is 6.07 Å². The highest BCUT2D eigenvalue weighted by Gasteiger charge is 2.12. The summed E-state index contributed by atoms with van der Waals surface area (Å²) in [5, 5.41) is 11.8. The topological polar surface area (TPSA) is 75.6 Å². The van der Waals surface area contributed by atoms with Gasteiger partial charge in [0.1, 0.15) is 5.75 Å². The summed E-state index contributed by atoms with van der Waals surface area (Å²) in [7, 11) is 0. The highest BCUT2D eigenvalue weighted by Crippen LogP contribution is 2.22. The minimum Gasteiger partial charge on any atom is -0.484 e. The molecule has 0 bridgehead atoms. The van der Waals surface area contributed by atoms with E-state index >= 15 is 0 Å². The van der Waals surface area contributed by atoms with Crippen molar-refractivity contribution in [2.75, 3.05) is 6.61 Å². The second-order valence-electron chi connectivity index (χ2n) is 4.32. The Morgan fingerprint density at radius 3 is 2.55 bits per heavy atom. The number of ether oxygens (including phenoxy) is 1. The Bertz CT molecular complexity index is 486. The van der Waals surface area contributed by atoms with E-state index in [1.807, 2.05) is 13.8 Å². The molecule has 6 heteroatoms. The van der Waals surface area contributed by atoms with E-state index in [-0.39, 0.29) is 24.1 Å².